The molecule has 1 aliphatic heterocycles. The fourth-order valence-corrected chi connectivity index (χ4v) is 4.09. The first-order valence-electron chi connectivity index (χ1n) is 9.24. The second-order valence-corrected chi connectivity index (χ2v) is 7.69. The molecule has 0 spiro atoms. The molecular formula is C20H26N4O. The van der Waals surface area contributed by atoms with E-state index < -0.39 is 0 Å². The SMILES string of the molecule is Cc1ccc([C@@H]2C[C@@H]2C(=O)N2CCC(c3nncn3C)CC2)cc1C. The van der Waals surface area contributed by atoms with Gasteiger partial charge in [-0.1, -0.05) is 18.2 Å². The fourth-order valence-electron chi connectivity index (χ4n) is 4.09. The number of aromatic nitrogens is 3. The minimum absolute atomic E-state index is 0.188. The lowest BCUT2D eigenvalue weighted by atomic mass is 9.95. The zero-order chi connectivity index (χ0) is 17.6. The van der Waals surface area contributed by atoms with Gasteiger partial charge in [0.2, 0.25) is 5.91 Å². The highest BCUT2D eigenvalue weighted by molar-refractivity contribution is 5.83. The molecule has 2 aliphatic rings. The maximum Gasteiger partial charge on any atom is 0.226 e. The molecule has 1 aliphatic carbocycles. The molecule has 0 bridgehead atoms. The molecule has 2 aromatic rings. The van der Waals surface area contributed by atoms with Gasteiger partial charge in [-0.2, -0.15) is 0 Å². The lowest BCUT2D eigenvalue weighted by molar-refractivity contribution is -0.133. The van der Waals surface area contributed by atoms with Crippen LogP contribution in [0.3, 0.4) is 0 Å². The van der Waals surface area contributed by atoms with E-state index in [0.717, 1.165) is 38.2 Å². The summed E-state index contributed by atoms with van der Waals surface area (Å²) < 4.78 is 2.00. The van der Waals surface area contributed by atoms with Crippen molar-refractivity contribution in [1.82, 2.24) is 19.7 Å². The molecule has 4 rings (SSSR count). The second kappa shape index (κ2) is 6.28. The van der Waals surface area contributed by atoms with Crippen LogP contribution in [0.15, 0.2) is 24.5 Å². The number of carbonyl (C=O) groups excluding carboxylic acids is 1. The average Bonchev–Trinajstić information content (AvgIpc) is 3.31. The van der Waals surface area contributed by atoms with Gasteiger partial charge in [0.1, 0.15) is 12.2 Å². The van der Waals surface area contributed by atoms with Crippen molar-refractivity contribution in [3.05, 3.63) is 47.0 Å². The molecule has 1 saturated carbocycles. The molecule has 1 saturated heterocycles. The Bertz CT molecular complexity index is 789. The molecular weight excluding hydrogens is 312 g/mol. The molecule has 1 aromatic heterocycles. The van der Waals surface area contributed by atoms with Crippen molar-refractivity contribution in [3.63, 3.8) is 0 Å². The van der Waals surface area contributed by atoms with Gasteiger partial charge in [0.25, 0.3) is 0 Å². The van der Waals surface area contributed by atoms with E-state index >= 15 is 0 Å². The lowest BCUT2D eigenvalue weighted by Crippen LogP contribution is -2.39. The number of nitrogens with zero attached hydrogens (tertiary/aromatic N) is 4. The fraction of sp³-hybridized carbons (Fsp3) is 0.550. The first-order valence-corrected chi connectivity index (χ1v) is 9.24. The molecule has 2 fully saturated rings. The van der Waals surface area contributed by atoms with Crippen LogP contribution in [0.4, 0.5) is 0 Å². The molecule has 132 valence electrons. The summed E-state index contributed by atoms with van der Waals surface area (Å²) in [6.07, 6.45) is 4.73. The minimum atomic E-state index is 0.188. The van der Waals surface area contributed by atoms with Crippen molar-refractivity contribution in [3.8, 4) is 0 Å². The van der Waals surface area contributed by atoms with E-state index in [1.807, 2.05) is 11.6 Å². The van der Waals surface area contributed by atoms with Crippen LogP contribution in [-0.2, 0) is 11.8 Å². The number of aryl methyl sites for hydroxylation is 3. The highest BCUT2D eigenvalue weighted by atomic mass is 16.2. The van der Waals surface area contributed by atoms with E-state index in [2.05, 4.69) is 47.1 Å². The minimum Gasteiger partial charge on any atom is -0.342 e. The van der Waals surface area contributed by atoms with Crippen LogP contribution in [0.5, 0.6) is 0 Å². The van der Waals surface area contributed by atoms with Gasteiger partial charge in [0, 0.05) is 32.0 Å². The Hall–Kier alpha value is -2.17. The number of amides is 1. The van der Waals surface area contributed by atoms with E-state index in [4.69, 9.17) is 0 Å². The first kappa shape index (κ1) is 16.3. The Morgan fingerprint density at radius 3 is 2.56 bits per heavy atom. The molecule has 25 heavy (non-hydrogen) atoms. The van der Waals surface area contributed by atoms with E-state index in [0.29, 0.717) is 17.7 Å². The third-order valence-electron chi connectivity index (χ3n) is 5.98. The summed E-state index contributed by atoms with van der Waals surface area (Å²) in [6.45, 7) is 5.96. The number of hydrogen-bond acceptors (Lipinski definition) is 3. The molecule has 5 nitrogen and oxygen atoms in total. The largest absolute Gasteiger partial charge is 0.342 e. The van der Waals surface area contributed by atoms with Crippen LogP contribution in [-0.4, -0.2) is 38.7 Å². The van der Waals surface area contributed by atoms with E-state index in [9.17, 15) is 4.79 Å². The zero-order valence-corrected chi connectivity index (χ0v) is 15.3. The Labute approximate surface area is 149 Å². The summed E-state index contributed by atoms with van der Waals surface area (Å²) in [7, 11) is 1.99. The van der Waals surface area contributed by atoms with Crippen molar-refractivity contribution in [2.75, 3.05) is 13.1 Å². The van der Waals surface area contributed by atoms with Gasteiger partial charge in [0.05, 0.1) is 0 Å². The normalized spacial score (nSPS) is 23.7. The van der Waals surface area contributed by atoms with Crippen molar-refractivity contribution in [1.29, 1.82) is 0 Å². The maximum absolute atomic E-state index is 12.8. The van der Waals surface area contributed by atoms with Crippen LogP contribution >= 0.6 is 0 Å². The van der Waals surface area contributed by atoms with Crippen LogP contribution < -0.4 is 0 Å². The Kier molecular flexibility index (Phi) is 4.10. The van der Waals surface area contributed by atoms with Gasteiger partial charge < -0.3 is 9.47 Å². The van der Waals surface area contributed by atoms with Crippen LogP contribution in [0.2, 0.25) is 0 Å². The number of carbonyl (C=O) groups is 1. The van der Waals surface area contributed by atoms with Crippen molar-refractivity contribution >= 4 is 5.91 Å². The smallest absolute Gasteiger partial charge is 0.226 e. The average molecular weight is 338 g/mol. The van der Waals surface area contributed by atoms with Gasteiger partial charge in [-0.3, -0.25) is 4.79 Å². The van der Waals surface area contributed by atoms with E-state index in [1.54, 1.807) is 6.33 Å². The van der Waals surface area contributed by atoms with Crippen molar-refractivity contribution < 1.29 is 4.79 Å². The summed E-state index contributed by atoms with van der Waals surface area (Å²) in [5.74, 6) is 2.43. The number of likely N-dealkylation sites (tertiary alicyclic amines) is 1. The predicted octanol–water partition coefficient (Wildman–Crippen LogP) is 2.94. The topological polar surface area (TPSA) is 51.0 Å². The van der Waals surface area contributed by atoms with Crippen LogP contribution in [0.25, 0.3) is 0 Å². The molecule has 2 heterocycles. The van der Waals surface area contributed by atoms with E-state index in [-0.39, 0.29) is 5.92 Å². The summed E-state index contributed by atoms with van der Waals surface area (Å²) >= 11 is 0. The second-order valence-electron chi connectivity index (χ2n) is 7.69. The molecule has 1 amide bonds. The molecule has 0 N–H and O–H groups in total. The molecule has 1 aromatic carbocycles. The highest BCUT2D eigenvalue weighted by Crippen LogP contribution is 2.49. The summed E-state index contributed by atoms with van der Waals surface area (Å²) in [4.78, 5) is 14.9. The van der Waals surface area contributed by atoms with Gasteiger partial charge in [-0.25, -0.2) is 0 Å². The van der Waals surface area contributed by atoms with Gasteiger partial charge in [0.15, 0.2) is 0 Å². The summed E-state index contributed by atoms with van der Waals surface area (Å²) in [5, 5.41) is 8.21. The monoisotopic (exact) mass is 338 g/mol. The highest BCUT2D eigenvalue weighted by Gasteiger charge is 2.46. The standard InChI is InChI=1S/C20H26N4O/c1-13-4-5-16(10-14(13)2)17-11-18(17)20(25)24-8-6-15(7-9-24)19-22-21-12-23(19)3/h4-5,10,12,15,17-18H,6-9,11H2,1-3H3/t17-,18-/m0/s1. The lowest BCUT2D eigenvalue weighted by Gasteiger charge is -2.31. The third-order valence-corrected chi connectivity index (χ3v) is 5.98. The van der Waals surface area contributed by atoms with Gasteiger partial charge in [-0.05, 0) is 55.7 Å². The van der Waals surface area contributed by atoms with E-state index in [1.165, 1.54) is 16.7 Å². The molecule has 0 unspecified atom stereocenters. The number of hydrogen-bond donors (Lipinski definition) is 0. The van der Waals surface area contributed by atoms with Gasteiger partial charge in [-0.15, -0.1) is 10.2 Å². The quantitative estimate of drug-likeness (QED) is 0.864. The Balaban J connectivity index is 1.35. The Morgan fingerprint density at radius 2 is 1.92 bits per heavy atom. The summed E-state index contributed by atoms with van der Waals surface area (Å²) in [5.41, 5.74) is 3.97. The number of piperidine rings is 1. The number of benzene rings is 1. The van der Waals surface area contributed by atoms with Crippen LogP contribution in [0, 0.1) is 19.8 Å². The maximum atomic E-state index is 12.8. The van der Waals surface area contributed by atoms with Gasteiger partial charge >= 0.3 is 0 Å². The van der Waals surface area contributed by atoms with Crippen LogP contribution in [0.1, 0.15) is 53.6 Å². The van der Waals surface area contributed by atoms with Crippen molar-refractivity contribution in [2.24, 2.45) is 13.0 Å². The Morgan fingerprint density at radius 1 is 1.16 bits per heavy atom. The molecule has 2 atom stereocenters. The third kappa shape index (κ3) is 3.08. The molecule has 5 heteroatoms. The van der Waals surface area contributed by atoms with Crippen molar-refractivity contribution in [2.45, 2.75) is 44.9 Å². The zero-order valence-electron chi connectivity index (χ0n) is 15.3. The summed E-state index contributed by atoms with van der Waals surface area (Å²) in [6, 6.07) is 6.63. The predicted molar refractivity (Wildman–Crippen MR) is 96.3 cm³/mol. The number of rotatable bonds is 3. The first-order chi connectivity index (χ1) is 12.0. The molecule has 0 radical (unpaired) electrons.